The second-order valence-electron chi connectivity index (χ2n) is 5.07. The predicted octanol–water partition coefficient (Wildman–Crippen LogP) is 4.59. The van der Waals surface area contributed by atoms with Gasteiger partial charge in [-0.05, 0) is 55.2 Å². The van der Waals surface area contributed by atoms with Crippen LogP contribution in [0.15, 0.2) is 36.4 Å². The number of hydrogen-bond acceptors (Lipinski definition) is 2. The molecule has 0 aliphatic heterocycles. The Morgan fingerprint density at radius 1 is 1.10 bits per heavy atom. The Bertz CT molecular complexity index is 606. The third kappa shape index (κ3) is 3.53. The SMILES string of the molecule is Cc1ccc(COc2ccc([C@@H](C)O)cc2Cl)cc1C. The van der Waals surface area contributed by atoms with E-state index in [1.165, 1.54) is 11.1 Å². The summed E-state index contributed by atoms with van der Waals surface area (Å²) in [5.41, 5.74) is 4.42. The van der Waals surface area contributed by atoms with E-state index in [1.807, 2.05) is 6.07 Å². The molecule has 2 rings (SSSR count). The topological polar surface area (TPSA) is 29.5 Å². The first-order valence-electron chi connectivity index (χ1n) is 6.64. The molecule has 0 spiro atoms. The van der Waals surface area contributed by atoms with Gasteiger partial charge in [0.1, 0.15) is 12.4 Å². The highest BCUT2D eigenvalue weighted by Gasteiger charge is 2.07. The van der Waals surface area contributed by atoms with E-state index in [9.17, 15) is 5.11 Å². The lowest BCUT2D eigenvalue weighted by Gasteiger charge is -2.11. The number of halogens is 1. The molecule has 2 aromatic rings. The highest BCUT2D eigenvalue weighted by Crippen LogP contribution is 2.28. The van der Waals surface area contributed by atoms with Crippen LogP contribution in [0.2, 0.25) is 5.02 Å². The van der Waals surface area contributed by atoms with Crippen molar-refractivity contribution < 1.29 is 9.84 Å². The molecule has 0 unspecified atom stereocenters. The van der Waals surface area contributed by atoms with E-state index in [4.69, 9.17) is 16.3 Å². The number of aliphatic hydroxyl groups is 1. The van der Waals surface area contributed by atoms with E-state index in [0.717, 1.165) is 11.1 Å². The van der Waals surface area contributed by atoms with Gasteiger partial charge < -0.3 is 9.84 Å². The fourth-order valence-electron chi connectivity index (χ4n) is 1.95. The first-order valence-corrected chi connectivity index (χ1v) is 7.01. The summed E-state index contributed by atoms with van der Waals surface area (Å²) < 4.78 is 5.74. The van der Waals surface area contributed by atoms with Crippen LogP contribution >= 0.6 is 11.6 Å². The van der Waals surface area contributed by atoms with E-state index in [1.54, 1.807) is 19.1 Å². The molecule has 1 atom stereocenters. The molecule has 106 valence electrons. The molecule has 0 aliphatic rings. The van der Waals surface area contributed by atoms with Crippen molar-refractivity contribution in [2.45, 2.75) is 33.5 Å². The highest BCUT2D eigenvalue weighted by atomic mass is 35.5. The molecule has 20 heavy (non-hydrogen) atoms. The van der Waals surface area contributed by atoms with Crippen LogP contribution < -0.4 is 4.74 Å². The number of aliphatic hydroxyl groups excluding tert-OH is 1. The minimum Gasteiger partial charge on any atom is -0.487 e. The fourth-order valence-corrected chi connectivity index (χ4v) is 2.19. The second kappa shape index (κ2) is 6.29. The van der Waals surface area contributed by atoms with Gasteiger partial charge in [-0.25, -0.2) is 0 Å². The molecule has 0 aromatic heterocycles. The average molecular weight is 291 g/mol. The predicted molar refractivity (Wildman–Crippen MR) is 82.3 cm³/mol. The van der Waals surface area contributed by atoms with Gasteiger partial charge in [0.2, 0.25) is 0 Å². The average Bonchev–Trinajstić information content (AvgIpc) is 2.41. The van der Waals surface area contributed by atoms with Crippen molar-refractivity contribution >= 4 is 11.6 Å². The fraction of sp³-hybridized carbons (Fsp3) is 0.294. The molecule has 0 radical (unpaired) electrons. The summed E-state index contributed by atoms with van der Waals surface area (Å²) in [6, 6.07) is 11.6. The lowest BCUT2D eigenvalue weighted by Crippen LogP contribution is -1.98. The first kappa shape index (κ1) is 14.9. The van der Waals surface area contributed by atoms with Crippen molar-refractivity contribution in [3.05, 3.63) is 63.7 Å². The standard InChI is InChI=1S/C17H19ClO2/c1-11-4-5-14(8-12(11)2)10-20-17-7-6-15(13(3)19)9-16(17)18/h4-9,13,19H,10H2,1-3H3/t13-/m1/s1. The molecule has 1 N–H and O–H groups in total. The molecular weight excluding hydrogens is 272 g/mol. The molecule has 3 heteroatoms. The summed E-state index contributed by atoms with van der Waals surface area (Å²) in [6.45, 7) is 6.37. The molecule has 0 aliphatic carbocycles. The van der Waals surface area contributed by atoms with Gasteiger partial charge in [-0.2, -0.15) is 0 Å². The normalized spacial score (nSPS) is 12.2. The Hall–Kier alpha value is -1.51. The monoisotopic (exact) mass is 290 g/mol. The van der Waals surface area contributed by atoms with E-state index in [0.29, 0.717) is 17.4 Å². The highest BCUT2D eigenvalue weighted by molar-refractivity contribution is 6.32. The number of hydrogen-bond donors (Lipinski definition) is 1. The smallest absolute Gasteiger partial charge is 0.138 e. The zero-order valence-corrected chi connectivity index (χ0v) is 12.7. The molecule has 0 fully saturated rings. The lowest BCUT2D eigenvalue weighted by atomic mass is 10.1. The molecule has 0 bridgehead atoms. The zero-order chi connectivity index (χ0) is 14.7. The molecule has 0 saturated carbocycles. The van der Waals surface area contributed by atoms with Gasteiger partial charge >= 0.3 is 0 Å². The Morgan fingerprint density at radius 2 is 1.85 bits per heavy atom. The number of ether oxygens (including phenoxy) is 1. The quantitative estimate of drug-likeness (QED) is 0.892. The summed E-state index contributed by atoms with van der Waals surface area (Å²) >= 11 is 6.16. The zero-order valence-electron chi connectivity index (χ0n) is 12.0. The Balaban J connectivity index is 2.09. The first-order chi connectivity index (χ1) is 9.47. The minimum atomic E-state index is -0.527. The second-order valence-corrected chi connectivity index (χ2v) is 5.48. The molecule has 2 aromatic carbocycles. The molecule has 0 heterocycles. The van der Waals surface area contributed by atoms with Crippen LogP contribution in [0.5, 0.6) is 5.75 Å². The van der Waals surface area contributed by atoms with Crippen LogP contribution in [0.3, 0.4) is 0 Å². The summed E-state index contributed by atoms with van der Waals surface area (Å²) in [4.78, 5) is 0. The van der Waals surface area contributed by atoms with Gasteiger partial charge in [0.25, 0.3) is 0 Å². The molecule has 0 amide bonds. The van der Waals surface area contributed by atoms with Crippen LogP contribution in [0.1, 0.15) is 35.3 Å². The number of aryl methyl sites for hydroxylation is 2. The summed E-state index contributed by atoms with van der Waals surface area (Å²) in [5.74, 6) is 0.634. The Kier molecular flexibility index (Phi) is 4.69. The van der Waals surface area contributed by atoms with Crippen molar-refractivity contribution in [3.63, 3.8) is 0 Å². The van der Waals surface area contributed by atoms with Crippen LogP contribution in [-0.4, -0.2) is 5.11 Å². The maximum absolute atomic E-state index is 9.50. The van der Waals surface area contributed by atoms with Crippen LogP contribution in [0, 0.1) is 13.8 Å². The van der Waals surface area contributed by atoms with Gasteiger partial charge in [0.15, 0.2) is 0 Å². The third-order valence-corrected chi connectivity index (χ3v) is 3.70. The molecule has 2 nitrogen and oxygen atoms in total. The summed E-state index contributed by atoms with van der Waals surface area (Å²) in [6.07, 6.45) is -0.527. The van der Waals surface area contributed by atoms with Gasteiger partial charge in [0, 0.05) is 0 Å². The van der Waals surface area contributed by atoms with E-state index < -0.39 is 6.10 Å². The maximum atomic E-state index is 9.50. The Morgan fingerprint density at radius 3 is 2.45 bits per heavy atom. The van der Waals surface area contributed by atoms with Crippen molar-refractivity contribution in [1.29, 1.82) is 0 Å². The van der Waals surface area contributed by atoms with E-state index in [-0.39, 0.29) is 0 Å². The lowest BCUT2D eigenvalue weighted by molar-refractivity contribution is 0.199. The maximum Gasteiger partial charge on any atom is 0.138 e. The van der Waals surface area contributed by atoms with Crippen molar-refractivity contribution in [3.8, 4) is 5.75 Å². The van der Waals surface area contributed by atoms with Gasteiger partial charge in [-0.15, -0.1) is 0 Å². The third-order valence-electron chi connectivity index (χ3n) is 3.40. The van der Waals surface area contributed by atoms with Crippen molar-refractivity contribution in [2.75, 3.05) is 0 Å². The largest absolute Gasteiger partial charge is 0.487 e. The molecule has 0 saturated heterocycles. The number of benzene rings is 2. The van der Waals surface area contributed by atoms with Gasteiger partial charge in [-0.1, -0.05) is 35.9 Å². The minimum absolute atomic E-state index is 0.481. The van der Waals surface area contributed by atoms with Gasteiger partial charge in [0.05, 0.1) is 11.1 Å². The van der Waals surface area contributed by atoms with Gasteiger partial charge in [-0.3, -0.25) is 0 Å². The molecular formula is C17H19ClO2. The van der Waals surface area contributed by atoms with E-state index >= 15 is 0 Å². The van der Waals surface area contributed by atoms with Crippen LogP contribution in [0.25, 0.3) is 0 Å². The van der Waals surface area contributed by atoms with E-state index in [2.05, 4.69) is 32.0 Å². The summed E-state index contributed by atoms with van der Waals surface area (Å²) in [5, 5.41) is 10.0. The van der Waals surface area contributed by atoms with Crippen molar-refractivity contribution in [2.24, 2.45) is 0 Å². The van der Waals surface area contributed by atoms with Crippen LogP contribution in [-0.2, 0) is 6.61 Å². The summed E-state index contributed by atoms with van der Waals surface area (Å²) in [7, 11) is 0. The Labute approximate surface area is 125 Å². The number of rotatable bonds is 4. The van der Waals surface area contributed by atoms with Crippen molar-refractivity contribution in [1.82, 2.24) is 0 Å². The van der Waals surface area contributed by atoms with Crippen LogP contribution in [0.4, 0.5) is 0 Å².